The molecule has 1 aliphatic rings. The maximum absolute atomic E-state index is 13.6. The van der Waals surface area contributed by atoms with Crippen LogP contribution in [0.4, 0.5) is 4.39 Å². The Labute approximate surface area is 142 Å². The average molecular weight is 339 g/mol. The van der Waals surface area contributed by atoms with E-state index in [4.69, 9.17) is 4.74 Å². The molecule has 4 rings (SSSR count). The summed E-state index contributed by atoms with van der Waals surface area (Å²) in [6.45, 7) is 1.17. The molecule has 7 nitrogen and oxygen atoms in total. The summed E-state index contributed by atoms with van der Waals surface area (Å²) in [5.41, 5.74) is 2.31. The van der Waals surface area contributed by atoms with Crippen LogP contribution in [-0.2, 0) is 6.54 Å². The quantitative estimate of drug-likeness (QED) is 0.788. The fourth-order valence-corrected chi connectivity index (χ4v) is 2.70. The van der Waals surface area contributed by atoms with Gasteiger partial charge in [0.25, 0.3) is 5.91 Å². The van der Waals surface area contributed by atoms with Crippen LogP contribution in [0.1, 0.15) is 10.5 Å². The van der Waals surface area contributed by atoms with E-state index >= 15 is 0 Å². The molecule has 1 amide bonds. The van der Waals surface area contributed by atoms with Crippen molar-refractivity contribution in [1.82, 2.24) is 25.1 Å². The number of halogens is 1. The zero-order chi connectivity index (χ0) is 17.4. The zero-order valence-electron chi connectivity index (χ0n) is 13.4. The number of carbonyl (C=O) groups is 1. The number of nitrogens with zero attached hydrogens (tertiary/aromatic N) is 4. The number of nitrogens with one attached hydrogen (secondary N) is 1. The highest BCUT2D eigenvalue weighted by Crippen LogP contribution is 2.26. The van der Waals surface area contributed by atoms with E-state index in [9.17, 15) is 9.18 Å². The normalized spacial score (nSPS) is 13.3. The number of ether oxygens (including phenoxy) is 1. The molecule has 0 unspecified atom stereocenters. The minimum Gasteiger partial charge on any atom is -0.494 e. The second kappa shape index (κ2) is 5.97. The molecular formula is C17H14FN5O2. The summed E-state index contributed by atoms with van der Waals surface area (Å²) in [5.74, 6) is -0.0513. The summed E-state index contributed by atoms with van der Waals surface area (Å²) in [6, 6.07) is 7.86. The highest BCUT2D eigenvalue weighted by molar-refractivity contribution is 5.94. The monoisotopic (exact) mass is 339 g/mol. The molecule has 0 bridgehead atoms. The smallest absolute Gasteiger partial charge is 0.269 e. The van der Waals surface area contributed by atoms with Crippen molar-refractivity contribution < 1.29 is 13.9 Å². The van der Waals surface area contributed by atoms with Crippen LogP contribution in [0.3, 0.4) is 0 Å². The SMILES string of the molecule is COc1cc(-c2nccc(-c3cc4n(n3)CCNC4=O)n2)ccc1F. The number of hydrogen-bond donors (Lipinski definition) is 1. The van der Waals surface area contributed by atoms with Gasteiger partial charge in [-0.05, 0) is 30.3 Å². The molecule has 1 aromatic carbocycles. The number of benzene rings is 1. The Morgan fingerprint density at radius 1 is 1.24 bits per heavy atom. The molecule has 25 heavy (non-hydrogen) atoms. The lowest BCUT2D eigenvalue weighted by Gasteiger charge is -2.13. The Bertz CT molecular complexity index is 969. The van der Waals surface area contributed by atoms with Gasteiger partial charge in [0.2, 0.25) is 0 Å². The van der Waals surface area contributed by atoms with Crippen molar-refractivity contribution in [2.75, 3.05) is 13.7 Å². The number of carbonyl (C=O) groups excluding carboxylic acids is 1. The van der Waals surface area contributed by atoms with Crippen molar-refractivity contribution in [3.8, 4) is 28.5 Å². The van der Waals surface area contributed by atoms with Gasteiger partial charge in [-0.1, -0.05) is 0 Å². The summed E-state index contributed by atoms with van der Waals surface area (Å²) in [4.78, 5) is 20.6. The highest BCUT2D eigenvalue weighted by atomic mass is 19.1. The molecule has 0 saturated carbocycles. The molecule has 3 aromatic rings. The Kier molecular flexibility index (Phi) is 3.64. The molecule has 0 aliphatic carbocycles. The summed E-state index contributed by atoms with van der Waals surface area (Å²) in [5, 5.41) is 7.21. The average Bonchev–Trinajstić information content (AvgIpc) is 3.08. The van der Waals surface area contributed by atoms with Crippen LogP contribution in [0.5, 0.6) is 5.75 Å². The molecule has 1 N–H and O–H groups in total. The maximum atomic E-state index is 13.6. The molecule has 0 spiro atoms. The van der Waals surface area contributed by atoms with Crippen LogP contribution in [0.2, 0.25) is 0 Å². The van der Waals surface area contributed by atoms with Crippen molar-refractivity contribution in [3.05, 3.63) is 48.0 Å². The first-order valence-corrected chi connectivity index (χ1v) is 7.69. The predicted molar refractivity (Wildman–Crippen MR) is 87.5 cm³/mol. The first kappa shape index (κ1) is 15.3. The van der Waals surface area contributed by atoms with E-state index in [2.05, 4.69) is 20.4 Å². The van der Waals surface area contributed by atoms with E-state index in [0.717, 1.165) is 0 Å². The number of hydrogen-bond acceptors (Lipinski definition) is 5. The molecule has 0 atom stereocenters. The van der Waals surface area contributed by atoms with Crippen LogP contribution in [-0.4, -0.2) is 39.3 Å². The highest BCUT2D eigenvalue weighted by Gasteiger charge is 2.20. The van der Waals surface area contributed by atoms with Crippen molar-refractivity contribution in [2.24, 2.45) is 0 Å². The molecular weight excluding hydrogens is 325 g/mol. The first-order valence-electron chi connectivity index (χ1n) is 7.69. The second-order valence-corrected chi connectivity index (χ2v) is 5.51. The predicted octanol–water partition coefficient (Wildman–Crippen LogP) is 1.90. The standard InChI is InChI=1S/C17H14FN5O2/c1-25-15-8-10(2-3-11(15)18)16-19-5-4-12(21-16)13-9-14-17(24)20-6-7-23(14)22-13/h2-5,8-9H,6-7H2,1H3,(H,20,24). The molecule has 3 heterocycles. The third kappa shape index (κ3) is 2.71. The van der Waals surface area contributed by atoms with Gasteiger partial charge in [0.15, 0.2) is 17.4 Å². The molecule has 2 aromatic heterocycles. The van der Waals surface area contributed by atoms with Gasteiger partial charge in [-0.2, -0.15) is 5.10 Å². The van der Waals surface area contributed by atoms with Crippen LogP contribution in [0, 0.1) is 5.82 Å². The van der Waals surface area contributed by atoms with Crippen molar-refractivity contribution >= 4 is 5.91 Å². The van der Waals surface area contributed by atoms with Gasteiger partial charge in [0.1, 0.15) is 11.4 Å². The third-order valence-electron chi connectivity index (χ3n) is 3.95. The van der Waals surface area contributed by atoms with Gasteiger partial charge >= 0.3 is 0 Å². The zero-order valence-corrected chi connectivity index (χ0v) is 13.4. The Morgan fingerprint density at radius 3 is 2.92 bits per heavy atom. The van der Waals surface area contributed by atoms with E-state index in [1.54, 1.807) is 35.1 Å². The Morgan fingerprint density at radius 2 is 2.12 bits per heavy atom. The van der Waals surface area contributed by atoms with E-state index in [-0.39, 0.29) is 11.7 Å². The van der Waals surface area contributed by atoms with E-state index in [0.29, 0.717) is 41.6 Å². The van der Waals surface area contributed by atoms with E-state index in [1.807, 2.05) is 0 Å². The maximum Gasteiger partial charge on any atom is 0.269 e. The van der Waals surface area contributed by atoms with Gasteiger partial charge in [-0.25, -0.2) is 14.4 Å². The van der Waals surface area contributed by atoms with E-state index < -0.39 is 5.82 Å². The van der Waals surface area contributed by atoms with Crippen LogP contribution < -0.4 is 10.1 Å². The lowest BCUT2D eigenvalue weighted by Crippen LogP contribution is -2.35. The van der Waals surface area contributed by atoms with Crippen molar-refractivity contribution in [1.29, 1.82) is 0 Å². The summed E-state index contributed by atoms with van der Waals surface area (Å²) < 4.78 is 20.2. The number of rotatable bonds is 3. The van der Waals surface area contributed by atoms with Gasteiger partial charge in [-0.3, -0.25) is 9.48 Å². The summed E-state index contributed by atoms with van der Waals surface area (Å²) in [7, 11) is 1.40. The minimum atomic E-state index is -0.449. The fourth-order valence-electron chi connectivity index (χ4n) is 2.70. The number of methoxy groups -OCH3 is 1. The number of amides is 1. The lowest BCUT2D eigenvalue weighted by atomic mass is 10.2. The van der Waals surface area contributed by atoms with Gasteiger partial charge in [0, 0.05) is 18.3 Å². The van der Waals surface area contributed by atoms with Gasteiger partial charge in [-0.15, -0.1) is 0 Å². The van der Waals surface area contributed by atoms with Crippen LogP contribution in [0.25, 0.3) is 22.8 Å². The third-order valence-corrected chi connectivity index (χ3v) is 3.95. The summed E-state index contributed by atoms with van der Waals surface area (Å²) >= 11 is 0. The number of aromatic nitrogens is 4. The second-order valence-electron chi connectivity index (χ2n) is 5.51. The van der Waals surface area contributed by atoms with Crippen molar-refractivity contribution in [2.45, 2.75) is 6.54 Å². The lowest BCUT2D eigenvalue weighted by molar-refractivity contribution is 0.0924. The molecule has 126 valence electrons. The van der Waals surface area contributed by atoms with Gasteiger partial charge in [0.05, 0.1) is 19.3 Å². The largest absolute Gasteiger partial charge is 0.494 e. The molecule has 8 heteroatoms. The molecule has 0 saturated heterocycles. The Hall–Kier alpha value is -3.29. The number of fused-ring (bicyclic) bond motifs is 1. The first-order chi connectivity index (χ1) is 12.2. The van der Waals surface area contributed by atoms with Crippen molar-refractivity contribution in [3.63, 3.8) is 0 Å². The van der Waals surface area contributed by atoms with Crippen LogP contribution in [0.15, 0.2) is 36.5 Å². The topological polar surface area (TPSA) is 81.9 Å². The summed E-state index contributed by atoms with van der Waals surface area (Å²) in [6.07, 6.45) is 1.60. The van der Waals surface area contributed by atoms with Gasteiger partial charge < -0.3 is 10.1 Å². The molecule has 0 fully saturated rings. The van der Waals surface area contributed by atoms with Crippen LogP contribution >= 0.6 is 0 Å². The van der Waals surface area contributed by atoms with E-state index in [1.165, 1.54) is 13.2 Å². The minimum absolute atomic E-state index is 0.126. The molecule has 1 aliphatic heterocycles. The molecule has 0 radical (unpaired) electrons. The Balaban J connectivity index is 1.74. The fraction of sp³-hybridized carbons (Fsp3) is 0.176.